The number of rotatable bonds is 4. The van der Waals surface area contributed by atoms with Crippen molar-refractivity contribution in [3.8, 4) is 11.1 Å². The van der Waals surface area contributed by atoms with Crippen molar-refractivity contribution in [3.63, 3.8) is 0 Å². The lowest BCUT2D eigenvalue weighted by Crippen LogP contribution is -2.22. The molecule has 8 aromatic rings. The van der Waals surface area contributed by atoms with Crippen molar-refractivity contribution in [2.24, 2.45) is 0 Å². The molecule has 0 saturated carbocycles. The highest BCUT2D eigenvalue weighted by atomic mass is 16.3. The Hall–Kier alpha value is -6.38. The monoisotopic (exact) mass is 747 g/mol. The fourth-order valence-electron chi connectivity index (χ4n) is 11.4. The van der Waals surface area contributed by atoms with Gasteiger partial charge in [0, 0.05) is 49.7 Å². The van der Waals surface area contributed by atoms with Gasteiger partial charge in [-0.15, -0.1) is 0 Å². The van der Waals surface area contributed by atoms with Crippen LogP contribution in [0.25, 0.3) is 61.1 Å². The SMILES string of the molecule is CC1(C)C2=C(C=C(N(c3ccccc3)c3cccc4c3-c3ccccc3C4(C)C)CC2)c2c1c1ccccc1c1c2oc2c(C3=Cc4ccccc4CC3)cccc21. The van der Waals surface area contributed by atoms with Crippen LogP contribution in [0.2, 0.25) is 0 Å². The molecule has 280 valence electrons. The van der Waals surface area contributed by atoms with E-state index in [1.807, 2.05) is 0 Å². The minimum Gasteiger partial charge on any atom is -0.455 e. The van der Waals surface area contributed by atoms with Crippen molar-refractivity contribution in [2.75, 3.05) is 4.90 Å². The van der Waals surface area contributed by atoms with E-state index >= 15 is 0 Å². The van der Waals surface area contributed by atoms with Gasteiger partial charge in [-0.3, -0.25) is 0 Å². The highest BCUT2D eigenvalue weighted by molar-refractivity contribution is 6.25. The largest absolute Gasteiger partial charge is 0.455 e. The van der Waals surface area contributed by atoms with Crippen LogP contribution < -0.4 is 4.90 Å². The van der Waals surface area contributed by atoms with Gasteiger partial charge in [0.2, 0.25) is 0 Å². The van der Waals surface area contributed by atoms with Crippen LogP contribution in [0.3, 0.4) is 0 Å². The van der Waals surface area contributed by atoms with Gasteiger partial charge in [-0.25, -0.2) is 0 Å². The van der Waals surface area contributed by atoms with Gasteiger partial charge in [0.15, 0.2) is 0 Å². The number of allylic oxidation sites excluding steroid dienone is 5. The number of furan rings is 1. The zero-order chi connectivity index (χ0) is 38.9. The zero-order valence-electron chi connectivity index (χ0n) is 33.6. The van der Waals surface area contributed by atoms with Crippen LogP contribution >= 0.6 is 0 Å². The molecule has 0 fully saturated rings. The van der Waals surface area contributed by atoms with Gasteiger partial charge in [-0.05, 0) is 105 Å². The van der Waals surface area contributed by atoms with E-state index in [-0.39, 0.29) is 10.8 Å². The number of aryl methyl sites for hydroxylation is 1. The predicted molar refractivity (Wildman–Crippen MR) is 244 cm³/mol. The Morgan fingerprint density at radius 1 is 0.517 bits per heavy atom. The second-order valence-corrected chi connectivity index (χ2v) is 17.8. The van der Waals surface area contributed by atoms with Crippen molar-refractivity contribution in [2.45, 2.75) is 64.2 Å². The van der Waals surface area contributed by atoms with E-state index in [4.69, 9.17) is 4.42 Å². The molecule has 4 aliphatic carbocycles. The summed E-state index contributed by atoms with van der Waals surface area (Å²) < 4.78 is 7.39. The fourth-order valence-corrected chi connectivity index (χ4v) is 11.4. The Balaban J connectivity index is 1.11. The quantitative estimate of drug-likeness (QED) is 0.178. The van der Waals surface area contributed by atoms with Crippen LogP contribution in [-0.4, -0.2) is 0 Å². The summed E-state index contributed by atoms with van der Waals surface area (Å²) in [6, 6.07) is 51.7. The summed E-state index contributed by atoms with van der Waals surface area (Å²) in [4.78, 5) is 2.56. The van der Waals surface area contributed by atoms with Crippen molar-refractivity contribution < 1.29 is 4.42 Å². The first-order valence-electron chi connectivity index (χ1n) is 21.0. The molecule has 0 atom stereocenters. The maximum atomic E-state index is 7.39. The molecule has 7 aromatic carbocycles. The third-order valence-electron chi connectivity index (χ3n) is 14.1. The molecule has 0 unspecified atom stereocenters. The normalized spacial score (nSPS) is 17.1. The number of para-hydroxylation sites is 2. The number of anilines is 2. The first kappa shape index (κ1) is 33.7. The van der Waals surface area contributed by atoms with Crippen molar-refractivity contribution in [1.29, 1.82) is 0 Å². The van der Waals surface area contributed by atoms with E-state index in [2.05, 4.69) is 184 Å². The molecule has 12 rings (SSSR count). The lowest BCUT2D eigenvalue weighted by atomic mass is 9.76. The minimum atomic E-state index is -0.160. The summed E-state index contributed by atoms with van der Waals surface area (Å²) in [6.07, 6.45) is 8.90. The fraction of sp³-hybridized carbons (Fsp3) is 0.179. The zero-order valence-corrected chi connectivity index (χ0v) is 33.6. The average molecular weight is 748 g/mol. The molecule has 0 N–H and O–H groups in total. The number of fused-ring (bicyclic) bond motifs is 13. The Morgan fingerprint density at radius 2 is 1.22 bits per heavy atom. The molecule has 0 amide bonds. The molecule has 0 radical (unpaired) electrons. The Bertz CT molecular complexity index is 3160. The van der Waals surface area contributed by atoms with E-state index in [1.165, 1.54) is 105 Å². The van der Waals surface area contributed by atoms with E-state index < -0.39 is 0 Å². The molecule has 2 heteroatoms. The lowest BCUT2D eigenvalue weighted by molar-refractivity contribution is 0.605. The summed E-state index contributed by atoms with van der Waals surface area (Å²) in [6.45, 7) is 9.64. The van der Waals surface area contributed by atoms with Gasteiger partial charge in [-0.1, -0.05) is 161 Å². The van der Waals surface area contributed by atoms with Crippen LogP contribution in [0.4, 0.5) is 11.4 Å². The molecule has 0 saturated heterocycles. The molecule has 2 nitrogen and oxygen atoms in total. The van der Waals surface area contributed by atoms with E-state index in [1.54, 1.807) is 0 Å². The number of benzene rings is 7. The number of hydrogen-bond acceptors (Lipinski definition) is 2. The van der Waals surface area contributed by atoms with E-state index in [0.717, 1.165) is 36.8 Å². The van der Waals surface area contributed by atoms with Crippen LogP contribution in [0.5, 0.6) is 0 Å². The van der Waals surface area contributed by atoms with Gasteiger partial charge in [-0.2, -0.15) is 0 Å². The molecular formula is C56H45NO. The average Bonchev–Trinajstić information content (AvgIpc) is 3.85. The van der Waals surface area contributed by atoms with Gasteiger partial charge in [0.05, 0.1) is 5.69 Å². The maximum absolute atomic E-state index is 7.39. The van der Waals surface area contributed by atoms with Crippen molar-refractivity contribution in [1.82, 2.24) is 0 Å². The molecule has 1 aromatic heterocycles. The van der Waals surface area contributed by atoms with Crippen LogP contribution in [0.15, 0.2) is 161 Å². The second kappa shape index (κ2) is 12.1. The molecule has 58 heavy (non-hydrogen) atoms. The van der Waals surface area contributed by atoms with Crippen molar-refractivity contribution in [3.05, 3.63) is 196 Å². The third kappa shape index (κ3) is 4.55. The third-order valence-corrected chi connectivity index (χ3v) is 14.1. The molecule has 4 aliphatic rings. The molecular weight excluding hydrogens is 703 g/mol. The van der Waals surface area contributed by atoms with Crippen LogP contribution in [0, 0.1) is 0 Å². The van der Waals surface area contributed by atoms with E-state index in [0.29, 0.717) is 0 Å². The van der Waals surface area contributed by atoms with Crippen LogP contribution in [-0.2, 0) is 17.3 Å². The minimum absolute atomic E-state index is 0.0841. The first-order chi connectivity index (χ1) is 28.3. The predicted octanol–water partition coefficient (Wildman–Crippen LogP) is 15.1. The molecule has 0 bridgehead atoms. The Kier molecular flexibility index (Phi) is 7.02. The smallest absolute Gasteiger partial charge is 0.144 e. The Morgan fingerprint density at radius 3 is 2.10 bits per heavy atom. The highest BCUT2D eigenvalue weighted by Gasteiger charge is 2.44. The van der Waals surface area contributed by atoms with Gasteiger partial charge in [0.1, 0.15) is 11.2 Å². The highest BCUT2D eigenvalue weighted by Crippen LogP contribution is 2.59. The first-order valence-corrected chi connectivity index (χ1v) is 21.0. The number of nitrogens with zero attached hydrogens (tertiary/aromatic N) is 1. The summed E-state index contributed by atoms with van der Waals surface area (Å²) in [5.74, 6) is 0. The summed E-state index contributed by atoms with van der Waals surface area (Å²) in [5.41, 5.74) is 21.8. The lowest BCUT2D eigenvalue weighted by Gasteiger charge is -2.34. The van der Waals surface area contributed by atoms with Crippen molar-refractivity contribution >= 4 is 61.3 Å². The molecule has 0 aliphatic heterocycles. The summed E-state index contributed by atoms with van der Waals surface area (Å²) in [5, 5.41) is 5.04. The van der Waals surface area contributed by atoms with E-state index in [9.17, 15) is 0 Å². The second-order valence-electron chi connectivity index (χ2n) is 17.8. The maximum Gasteiger partial charge on any atom is 0.144 e. The van der Waals surface area contributed by atoms with Gasteiger partial charge < -0.3 is 9.32 Å². The summed E-state index contributed by atoms with van der Waals surface area (Å²) in [7, 11) is 0. The van der Waals surface area contributed by atoms with Gasteiger partial charge in [0.25, 0.3) is 0 Å². The van der Waals surface area contributed by atoms with Gasteiger partial charge >= 0.3 is 0 Å². The standard InChI is InChI=1S/C56H45NO/c1-55(2)45-25-13-12-22-42(45)50-47(55)26-15-27-48(50)57(37-18-6-5-7-19-37)38-30-31-46-44(33-38)51-52(56(46,3)4)41-21-11-10-20-40(41)49-43-24-14-23-39(53(43)58-54(49)51)36-29-28-34-16-8-9-17-35(34)32-36/h5-27,32-33H,28-31H2,1-4H3. The Labute approximate surface area is 340 Å². The summed E-state index contributed by atoms with van der Waals surface area (Å²) >= 11 is 0. The molecule has 0 spiro atoms. The number of hydrogen-bond donors (Lipinski definition) is 0. The topological polar surface area (TPSA) is 16.4 Å². The molecule has 1 heterocycles. The van der Waals surface area contributed by atoms with Crippen LogP contribution in [0.1, 0.15) is 85.9 Å².